The van der Waals surface area contributed by atoms with Gasteiger partial charge in [-0.1, -0.05) is 34.3 Å². The van der Waals surface area contributed by atoms with Crippen LogP contribution in [0.4, 0.5) is 0 Å². The summed E-state index contributed by atoms with van der Waals surface area (Å²) in [5.41, 5.74) is -0.244. The molecule has 0 aromatic carbocycles. The Labute approximate surface area is 161 Å². The van der Waals surface area contributed by atoms with Crippen LogP contribution in [0.5, 0.6) is 0 Å². The molecule has 0 unspecified atom stereocenters. The number of rotatable bonds is 12. The second kappa shape index (κ2) is 18.4. The van der Waals surface area contributed by atoms with E-state index in [2.05, 4.69) is 6.58 Å². The molecule has 0 aromatic heterocycles. The third-order valence-electron chi connectivity index (χ3n) is 2.59. The summed E-state index contributed by atoms with van der Waals surface area (Å²) >= 11 is 0. The molecule has 27 heavy (non-hydrogen) atoms. The number of carbonyl (C=O) groups is 4. The average molecular weight is 388 g/mol. The molecule has 156 valence electrons. The van der Waals surface area contributed by atoms with E-state index in [-0.39, 0.29) is 12.0 Å². The van der Waals surface area contributed by atoms with Crippen LogP contribution in [0.25, 0.3) is 0 Å². The minimum absolute atomic E-state index is 0.244. The van der Waals surface area contributed by atoms with E-state index in [0.717, 1.165) is 12.8 Å². The Hall–Kier alpha value is -2.38. The molecule has 0 bridgehead atoms. The van der Waals surface area contributed by atoms with Crippen molar-refractivity contribution >= 4 is 23.9 Å². The minimum atomic E-state index is -0.701. The summed E-state index contributed by atoms with van der Waals surface area (Å²) in [6, 6.07) is 0. The molecule has 0 heterocycles. The molecule has 0 saturated carbocycles. The highest BCUT2D eigenvalue weighted by Crippen LogP contribution is 1.99. The number of carbonyl (C=O) groups excluding carboxylic acids is 4. The van der Waals surface area contributed by atoms with Crippen LogP contribution < -0.4 is 0 Å². The standard InChI is InChI=1S/C10H16O4.C9H16O4/c1-4-6-13-9(11)8(3)10(12)14-7-5-2;1-3-5-12-8(10)7-9(11)13-6-4-2/h3-7H2,1-2H3;3-7H2,1-2H3. The first-order valence-corrected chi connectivity index (χ1v) is 9.18. The lowest BCUT2D eigenvalue weighted by Crippen LogP contribution is -2.18. The van der Waals surface area contributed by atoms with Gasteiger partial charge in [0.15, 0.2) is 0 Å². The van der Waals surface area contributed by atoms with Gasteiger partial charge in [-0.2, -0.15) is 0 Å². The maximum Gasteiger partial charge on any atom is 0.344 e. The van der Waals surface area contributed by atoms with Crippen molar-refractivity contribution in [2.75, 3.05) is 26.4 Å². The van der Waals surface area contributed by atoms with Gasteiger partial charge in [-0.25, -0.2) is 9.59 Å². The highest BCUT2D eigenvalue weighted by Gasteiger charge is 2.17. The fourth-order valence-electron chi connectivity index (χ4n) is 1.30. The molecule has 0 N–H and O–H groups in total. The lowest BCUT2D eigenvalue weighted by Gasteiger charge is -2.05. The Morgan fingerprint density at radius 2 is 0.889 bits per heavy atom. The molecule has 0 atom stereocenters. The van der Waals surface area contributed by atoms with E-state index >= 15 is 0 Å². The number of esters is 4. The predicted octanol–water partition coefficient (Wildman–Crippen LogP) is 2.73. The molecule has 0 spiro atoms. The Morgan fingerprint density at radius 1 is 0.593 bits per heavy atom. The van der Waals surface area contributed by atoms with E-state index in [1.165, 1.54) is 0 Å². The summed E-state index contributed by atoms with van der Waals surface area (Å²) in [5, 5.41) is 0. The van der Waals surface area contributed by atoms with E-state index in [1.54, 1.807) is 0 Å². The third kappa shape index (κ3) is 16.8. The van der Waals surface area contributed by atoms with Gasteiger partial charge >= 0.3 is 23.9 Å². The molecular weight excluding hydrogens is 356 g/mol. The Morgan fingerprint density at radius 3 is 1.19 bits per heavy atom. The van der Waals surface area contributed by atoms with Gasteiger partial charge in [0, 0.05) is 0 Å². The minimum Gasteiger partial charge on any atom is -0.465 e. The summed E-state index contributed by atoms with van der Waals surface area (Å²) in [7, 11) is 0. The first-order valence-electron chi connectivity index (χ1n) is 9.18. The molecule has 0 radical (unpaired) electrons. The summed E-state index contributed by atoms with van der Waals surface area (Å²) < 4.78 is 18.8. The first-order chi connectivity index (χ1) is 12.8. The first kappa shape index (κ1) is 26.8. The molecule has 8 nitrogen and oxygen atoms in total. The smallest absolute Gasteiger partial charge is 0.344 e. The van der Waals surface area contributed by atoms with Crippen molar-refractivity contribution in [1.29, 1.82) is 0 Å². The SMILES string of the molecule is C=C(C(=O)OCCC)C(=O)OCCC.CCCOC(=O)CC(=O)OCCC. The number of ether oxygens (including phenoxy) is 4. The molecule has 0 amide bonds. The van der Waals surface area contributed by atoms with Gasteiger partial charge in [0.1, 0.15) is 12.0 Å². The third-order valence-corrected chi connectivity index (χ3v) is 2.59. The van der Waals surface area contributed by atoms with Gasteiger partial charge in [-0.15, -0.1) is 0 Å². The predicted molar refractivity (Wildman–Crippen MR) is 98.8 cm³/mol. The van der Waals surface area contributed by atoms with Crippen molar-refractivity contribution in [3.05, 3.63) is 12.2 Å². The molecule has 0 saturated heterocycles. The average Bonchev–Trinajstić information content (AvgIpc) is 2.66. The zero-order chi connectivity index (χ0) is 21.1. The van der Waals surface area contributed by atoms with Crippen LogP contribution in [0.15, 0.2) is 12.2 Å². The van der Waals surface area contributed by atoms with Crippen molar-refractivity contribution in [2.45, 2.75) is 59.8 Å². The second-order valence-corrected chi connectivity index (χ2v) is 5.37. The molecule has 0 aromatic rings. The van der Waals surface area contributed by atoms with Crippen LogP contribution in [0.3, 0.4) is 0 Å². The van der Waals surface area contributed by atoms with E-state index < -0.39 is 23.9 Å². The molecular formula is C19H32O8. The summed E-state index contributed by atoms with van der Waals surface area (Å²) in [5.74, 6) is -2.42. The quantitative estimate of drug-likeness (QED) is 0.165. The van der Waals surface area contributed by atoms with Gasteiger partial charge in [0.05, 0.1) is 26.4 Å². The zero-order valence-corrected chi connectivity index (χ0v) is 16.8. The Kier molecular flexibility index (Phi) is 18.3. The van der Waals surface area contributed by atoms with Crippen LogP contribution in [0.1, 0.15) is 59.8 Å². The highest BCUT2D eigenvalue weighted by molar-refractivity contribution is 6.13. The molecule has 0 aliphatic rings. The van der Waals surface area contributed by atoms with Crippen molar-refractivity contribution in [3.63, 3.8) is 0 Å². The summed E-state index contributed by atoms with van der Waals surface area (Å²) in [6.45, 7) is 12.1. The monoisotopic (exact) mass is 388 g/mol. The zero-order valence-electron chi connectivity index (χ0n) is 16.8. The van der Waals surface area contributed by atoms with Crippen LogP contribution in [-0.4, -0.2) is 50.3 Å². The topological polar surface area (TPSA) is 105 Å². The Balaban J connectivity index is 0. The van der Waals surface area contributed by atoms with Crippen molar-refractivity contribution in [3.8, 4) is 0 Å². The largest absolute Gasteiger partial charge is 0.465 e. The van der Waals surface area contributed by atoms with Gasteiger partial charge in [0.25, 0.3) is 0 Å². The highest BCUT2D eigenvalue weighted by atomic mass is 16.6. The second-order valence-electron chi connectivity index (χ2n) is 5.37. The van der Waals surface area contributed by atoms with Crippen LogP contribution >= 0.6 is 0 Å². The lowest BCUT2D eigenvalue weighted by atomic mass is 10.3. The van der Waals surface area contributed by atoms with Crippen LogP contribution in [0.2, 0.25) is 0 Å². The molecule has 0 aliphatic heterocycles. The van der Waals surface area contributed by atoms with E-state index in [4.69, 9.17) is 18.9 Å². The maximum absolute atomic E-state index is 11.1. The molecule has 0 rings (SSSR count). The summed E-state index contributed by atoms with van der Waals surface area (Å²) in [6.07, 6.45) is 2.66. The fourth-order valence-corrected chi connectivity index (χ4v) is 1.30. The molecule has 0 fully saturated rings. The van der Waals surface area contributed by atoms with Crippen molar-refractivity contribution < 1.29 is 38.1 Å². The van der Waals surface area contributed by atoms with E-state index in [1.807, 2.05) is 27.7 Å². The Bertz CT molecular complexity index is 430. The normalized spacial score (nSPS) is 9.33. The molecule has 8 heteroatoms. The summed E-state index contributed by atoms with van der Waals surface area (Å²) in [4.78, 5) is 43.9. The number of hydrogen-bond acceptors (Lipinski definition) is 8. The van der Waals surface area contributed by atoms with Crippen molar-refractivity contribution in [1.82, 2.24) is 0 Å². The van der Waals surface area contributed by atoms with Crippen LogP contribution in [-0.2, 0) is 38.1 Å². The maximum atomic E-state index is 11.1. The van der Waals surface area contributed by atoms with Gasteiger partial charge in [0.2, 0.25) is 0 Å². The van der Waals surface area contributed by atoms with Gasteiger partial charge in [-0.05, 0) is 25.7 Å². The van der Waals surface area contributed by atoms with Crippen molar-refractivity contribution in [2.24, 2.45) is 0 Å². The number of hydrogen-bond donors (Lipinski definition) is 0. The van der Waals surface area contributed by atoms with Gasteiger partial charge in [-0.3, -0.25) is 9.59 Å². The fraction of sp³-hybridized carbons (Fsp3) is 0.684. The van der Waals surface area contributed by atoms with E-state index in [0.29, 0.717) is 39.3 Å². The lowest BCUT2D eigenvalue weighted by molar-refractivity contribution is -0.155. The molecule has 0 aliphatic carbocycles. The van der Waals surface area contributed by atoms with E-state index in [9.17, 15) is 19.2 Å². The van der Waals surface area contributed by atoms with Gasteiger partial charge < -0.3 is 18.9 Å². The van der Waals surface area contributed by atoms with Crippen LogP contribution in [0, 0.1) is 0 Å².